The average Bonchev–Trinajstić information content (AvgIpc) is 2.77. The van der Waals surface area contributed by atoms with Crippen LogP contribution < -0.4 is 20.1 Å². The molecule has 0 radical (unpaired) electrons. The van der Waals surface area contributed by atoms with Gasteiger partial charge in [0.15, 0.2) is 5.96 Å². The Morgan fingerprint density at radius 2 is 1.80 bits per heavy atom. The summed E-state index contributed by atoms with van der Waals surface area (Å²) in [4.78, 5) is 8.37. The lowest BCUT2D eigenvalue weighted by Gasteiger charge is -2.13. The SMILES string of the molecule is CN=C(NCc1ccc(Oc2cccc(OC)c2)nc1)NCc1cc(F)ccc1F. The Kier molecular flexibility index (Phi) is 7.15. The minimum absolute atomic E-state index is 0.106. The maximum atomic E-state index is 13.7. The van der Waals surface area contributed by atoms with Crippen LogP contribution in [0.15, 0.2) is 65.8 Å². The first-order valence-corrected chi connectivity index (χ1v) is 9.22. The highest BCUT2D eigenvalue weighted by Crippen LogP contribution is 2.23. The van der Waals surface area contributed by atoms with Crippen molar-refractivity contribution in [1.29, 1.82) is 0 Å². The first kappa shape index (κ1) is 21.0. The zero-order valence-corrected chi connectivity index (χ0v) is 16.7. The van der Waals surface area contributed by atoms with Crippen LogP contribution in [0.4, 0.5) is 8.78 Å². The standard InChI is InChI=1S/C22H22F2N4O2/c1-25-22(28-14-16-10-17(23)7-8-20(16)24)27-13-15-6-9-21(26-12-15)30-19-5-3-4-18(11-19)29-2/h3-12H,13-14H2,1-2H3,(H2,25,27,28). The molecule has 2 aromatic carbocycles. The van der Waals surface area contributed by atoms with Crippen LogP contribution in [0, 0.1) is 11.6 Å². The molecule has 0 saturated carbocycles. The Hall–Kier alpha value is -3.68. The van der Waals surface area contributed by atoms with Gasteiger partial charge < -0.3 is 20.1 Å². The molecule has 3 rings (SSSR count). The molecule has 2 N–H and O–H groups in total. The molecule has 0 spiro atoms. The predicted octanol–water partition coefficient (Wildman–Crippen LogP) is 4.03. The van der Waals surface area contributed by atoms with Gasteiger partial charge in [0.25, 0.3) is 0 Å². The van der Waals surface area contributed by atoms with Crippen LogP contribution >= 0.6 is 0 Å². The number of hydrogen-bond donors (Lipinski definition) is 2. The Morgan fingerprint density at radius 1 is 1.00 bits per heavy atom. The average molecular weight is 412 g/mol. The molecule has 0 atom stereocenters. The van der Waals surface area contributed by atoms with Crippen LogP contribution in [0.1, 0.15) is 11.1 Å². The van der Waals surface area contributed by atoms with Gasteiger partial charge in [0.1, 0.15) is 23.1 Å². The van der Waals surface area contributed by atoms with Crippen molar-refractivity contribution in [3.63, 3.8) is 0 Å². The lowest BCUT2D eigenvalue weighted by atomic mass is 10.2. The molecule has 30 heavy (non-hydrogen) atoms. The van der Waals surface area contributed by atoms with Crippen LogP contribution in [0.25, 0.3) is 0 Å². The normalized spacial score (nSPS) is 11.1. The quantitative estimate of drug-likeness (QED) is 0.453. The topological polar surface area (TPSA) is 67.8 Å². The Morgan fingerprint density at radius 3 is 2.53 bits per heavy atom. The van der Waals surface area contributed by atoms with Crippen molar-refractivity contribution < 1.29 is 18.3 Å². The molecular weight excluding hydrogens is 390 g/mol. The van der Waals surface area contributed by atoms with E-state index < -0.39 is 11.6 Å². The van der Waals surface area contributed by atoms with Crippen LogP contribution in [0.2, 0.25) is 0 Å². The highest BCUT2D eigenvalue weighted by Gasteiger charge is 2.06. The molecule has 6 nitrogen and oxygen atoms in total. The number of benzene rings is 2. The molecule has 3 aromatic rings. The van der Waals surface area contributed by atoms with Gasteiger partial charge in [0.2, 0.25) is 5.88 Å². The molecule has 1 aromatic heterocycles. The van der Waals surface area contributed by atoms with E-state index in [9.17, 15) is 8.78 Å². The summed E-state index contributed by atoms with van der Waals surface area (Å²) in [6.45, 7) is 0.548. The number of pyridine rings is 1. The third-order valence-electron chi connectivity index (χ3n) is 4.20. The number of nitrogens with one attached hydrogen (secondary N) is 2. The lowest BCUT2D eigenvalue weighted by Crippen LogP contribution is -2.36. The number of hydrogen-bond acceptors (Lipinski definition) is 4. The van der Waals surface area contributed by atoms with Gasteiger partial charge >= 0.3 is 0 Å². The second-order valence-corrected chi connectivity index (χ2v) is 6.30. The second kappa shape index (κ2) is 10.2. The number of aromatic nitrogens is 1. The van der Waals surface area contributed by atoms with Gasteiger partial charge in [-0.1, -0.05) is 12.1 Å². The summed E-state index contributed by atoms with van der Waals surface area (Å²) in [7, 11) is 3.19. The van der Waals surface area contributed by atoms with E-state index in [2.05, 4.69) is 20.6 Å². The molecule has 0 aliphatic heterocycles. The van der Waals surface area contributed by atoms with Gasteiger partial charge in [-0.3, -0.25) is 4.99 Å². The van der Waals surface area contributed by atoms with Crippen LogP contribution in [0.3, 0.4) is 0 Å². The molecule has 0 amide bonds. The van der Waals surface area contributed by atoms with E-state index in [0.29, 0.717) is 29.9 Å². The van der Waals surface area contributed by atoms with Crippen molar-refractivity contribution in [3.05, 3.63) is 83.6 Å². The largest absolute Gasteiger partial charge is 0.497 e. The van der Waals surface area contributed by atoms with E-state index in [1.165, 1.54) is 0 Å². The molecule has 0 saturated heterocycles. The maximum Gasteiger partial charge on any atom is 0.219 e. The molecule has 0 fully saturated rings. The third-order valence-corrected chi connectivity index (χ3v) is 4.20. The van der Waals surface area contributed by atoms with Crippen molar-refractivity contribution >= 4 is 5.96 Å². The first-order chi connectivity index (χ1) is 14.6. The summed E-state index contributed by atoms with van der Waals surface area (Å²) < 4.78 is 37.9. The van der Waals surface area contributed by atoms with Crippen molar-refractivity contribution in [1.82, 2.24) is 15.6 Å². The van der Waals surface area contributed by atoms with Gasteiger partial charge in [-0.2, -0.15) is 0 Å². The third kappa shape index (κ3) is 5.91. The van der Waals surface area contributed by atoms with Crippen molar-refractivity contribution in [2.75, 3.05) is 14.2 Å². The number of aliphatic imine (C=N–C) groups is 1. The monoisotopic (exact) mass is 412 g/mol. The summed E-state index contributed by atoms with van der Waals surface area (Å²) in [6.07, 6.45) is 1.68. The fourth-order valence-electron chi connectivity index (χ4n) is 2.63. The van der Waals surface area contributed by atoms with E-state index in [1.807, 2.05) is 24.3 Å². The fraction of sp³-hybridized carbons (Fsp3) is 0.182. The van der Waals surface area contributed by atoms with Crippen molar-refractivity contribution in [3.8, 4) is 17.4 Å². The minimum atomic E-state index is -0.488. The van der Waals surface area contributed by atoms with E-state index in [1.54, 1.807) is 32.5 Å². The molecule has 156 valence electrons. The number of methoxy groups -OCH3 is 1. The van der Waals surface area contributed by atoms with Gasteiger partial charge in [-0.15, -0.1) is 0 Å². The predicted molar refractivity (Wildman–Crippen MR) is 111 cm³/mol. The number of halogens is 2. The zero-order valence-electron chi connectivity index (χ0n) is 16.7. The van der Waals surface area contributed by atoms with Gasteiger partial charge in [-0.05, 0) is 35.9 Å². The summed E-state index contributed by atoms with van der Waals surface area (Å²) in [5, 5.41) is 6.05. The second-order valence-electron chi connectivity index (χ2n) is 6.30. The molecular formula is C22H22F2N4O2. The molecule has 0 aliphatic rings. The number of nitrogens with zero attached hydrogens (tertiary/aromatic N) is 2. The number of ether oxygens (including phenoxy) is 2. The molecule has 0 unspecified atom stereocenters. The van der Waals surface area contributed by atoms with Gasteiger partial charge in [-0.25, -0.2) is 13.8 Å². The van der Waals surface area contributed by atoms with Crippen LogP contribution in [0.5, 0.6) is 17.4 Å². The molecule has 8 heteroatoms. The highest BCUT2D eigenvalue weighted by molar-refractivity contribution is 5.79. The Labute approximate surface area is 173 Å². The summed E-state index contributed by atoms with van der Waals surface area (Å²) in [6, 6.07) is 14.2. The number of guanidine groups is 1. The van der Waals surface area contributed by atoms with E-state index in [4.69, 9.17) is 9.47 Å². The molecule has 0 bridgehead atoms. The van der Waals surface area contributed by atoms with E-state index in [0.717, 1.165) is 23.8 Å². The summed E-state index contributed by atoms with van der Waals surface area (Å²) in [5.41, 5.74) is 1.12. The molecule has 1 heterocycles. The van der Waals surface area contributed by atoms with E-state index >= 15 is 0 Å². The van der Waals surface area contributed by atoms with Gasteiger partial charge in [0, 0.05) is 44.0 Å². The highest BCUT2D eigenvalue weighted by atomic mass is 19.1. The number of rotatable bonds is 7. The van der Waals surface area contributed by atoms with Crippen LogP contribution in [-0.4, -0.2) is 25.1 Å². The Bertz CT molecular complexity index is 1010. The Balaban J connectivity index is 1.52. The van der Waals surface area contributed by atoms with Crippen molar-refractivity contribution in [2.24, 2.45) is 4.99 Å². The van der Waals surface area contributed by atoms with Gasteiger partial charge in [0.05, 0.1) is 7.11 Å². The van der Waals surface area contributed by atoms with E-state index in [-0.39, 0.29) is 12.1 Å². The van der Waals surface area contributed by atoms with Crippen molar-refractivity contribution in [2.45, 2.75) is 13.1 Å². The maximum absolute atomic E-state index is 13.7. The van der Waals surface area contributed by atoms with Crippen LogP contribution in [-0.2, 0) is 13.1 Å². The first-order valence-electron chi connectivity index (χ1n) is 9.22. The lowest BCUT2D eigenvalue weighted by molar-refractivity contribution is 0.407. The fourth-order valence-corrected chi connectivity index (χ4v) is 2.63. The summed E-state index contributed by atoms with van der Waals surface area (Å²) >= 11 is 0. The minimum Gasteiger partial charge on any atom is -0.497 e. The molecule has 0 aliphatic carbocycles. The smallest absolute Gasteiger partial charge is 0.219 e. The summed E-state index contributed by atoms with van der Waals surface area (Å²) in [5.74, 6) is 1.27. The zero-order chi connectivity index (χ0) is 21.3.